The standard InChI is InChI=1S/C14H24N2O3/c1-18-10-7-16(6-9-17)8-11-19-14-4-2-13(12-15)3-5-14/h2-5,17H,6-12,15H2,1H3. The van der Waals surface area contributed by atoms with Gasteiger partial charge in [-0.25, -0.2) is 0 Å². The fourth-order valence-electron chi connectivity index (χ4n) is 1.71. The second kappa shape index (κ2) is 9.75. The Labute approximate surface area is 114 Å². The molecule has 5 heteroatoms. The first-order chi connectivity index (χ1) is 9.30. The smallest absolute Gasteiger partial charge is 0.119 e. The van der Waals surface area contributed by atoms with Crippen molar-refractivity contribution in [1.29, 1.82) is 0 Å². The number of hydrogen-bond donors (Lipinski definition) is 2. The summed E-state index contributed by atoms with van der Waals surface area (Å²) in [5, 5.41) is 8.97. The van der Waals surface area contributed by atoms with Crippen LogP contribution in [0.2, 0.25) is 0 Å². The van der Waals surface area contributed by atoms with E-state index in [-0.39, 0.29) is 6.61 Å². The van der Waals surface area contributed by atoms with E-state index in [9.17, 15) is 0 Å². The van der Waals surface area contributed by atoms with Gasteiger partial charge in [-0.15, -0.1) is 0 Å². The Kier molecular flexibility index (Phi) is 8.16. The molecule has 0 bridgehead atoms. The van der Waals surface area contributed by atoms with Crippen LogP contribution >= 0.6 is 0 Å². The predicted octanol–water partition coefficient (Wildman–Crippen LogP) is 0.465. The second-order valence-electron chi connectivity index (χ2n) is 4.25. The molecule has 0 radical (unpaired) electrons. The van der Waals surface area contributed by atoms with Gasteiger partial charge in [-0.2, -0.15) is 0 Å². The first kappa shape index (κ1) is 15.9. The van der Waals surface area contributed by atoms with E-state index in [0.717, 1.165) is 24.4 Å². The number of benzene rings is 1. The minimum atomic E-state index is 0.148. The lowest BCUT2D eigenvalue weighted by atomic mass is 10.2. The molecule has 0 fully saturated rings. The van der Waals surface area contributed by atoms with Crippen LogP contribution in [-0.4, -0.2) is 56.6 Å². The highest BCUT2D eigenvalue weighted by Gasteiger charge is 2.04. The molecular formula is C14H24N2O3. The average molecular weight is 268 g/mol. The highest BCUT2D eigenvalue weighted by molar-refractivity contribution is 5.27. The summed E-state index contributed by atoms with van der Waals surface area (Å²) in [5.41, 5.74) is 6.63. The maximum atomic E-state index is 8.97. The number of methoxy groups -OCH3 is 1. The van der Waals surface area contributed by atoms with Crippen LogP contribution in [0.3, 0.4) is 0 Å². The number of hydrogen-bond acceptors (Lipinski definition) is 5. The molecule has 19 heavy (non-hydrogen) atoms. The summed E-state index contributed by atoms with van der Waals surface area (Å²) in [6.45, 7) is 4.14. The van der Waals surface area contributed by atoms with Crippen LogP contribution in [0.5, 0.6) is 5.75 Å². The summed E-state index contributed by atoms with van der Waals surface area (Å²) >= 11 is 0. The molecule has 0 saturated heterocycles. The minimum absolute atomic E-state index is 0.148. The van der Waals surface area contributed by atoms with Crippen molar-refractivity contribution in [2.24, 2.45) is 5.73 Å². The molecule has 3 N–H and O–H groups in total. The number of rotatable bonds is 10. The van der Waals surface area contributed by atoms with Gasteiger partial charge in [-0.3, -0.25) is 4.90 Å². The molecule has 0 aromatic heterocycles. The van der Waals surface area contributed by atoms with Crippen molar-refractivity contribution in [3.63, 3.8) is 0 Å². The monoisotopic (exact) mass is 268 g/mol. The van der Waals surface area contributed by atoms with Crippen molar-refractivity contribution in [3.8, 4) is 5.75 Å². The Morgan fingerprint density at radius 2 is 1.79 bits per heavy atom. The van der Waals surface area contributed by atoms with E-state index in [0.29, 0.717) is 26.3 Å². The van der Waals surface area contributed by atoms with Crippen LogP contribution in [0.4, 0.5) is 0 Å². The maximum Gasteiger partial charge on any atom is 0.119 e. The summed E-state index contributed by atoms with van der Waals surface area (Å²) in [6.07, 6.45) is 0. The lowest BCUT2D eigenvalue weighted by Gasteiger charge is -2.20. The third kappa shape index (κ3) is 6.54. The van der Waals surface area contributed by atoms with Gasteiger partial charge >= 0.3 is 0 Å². The van der Waals surface area contributed by atoms with Crippen LogP contribution in [0.25, 0.3) is 0 Å². The summed E-state index contributed by atoms with van der Waals surface area (Å²) in [5.74, 6) is 0.841. The van der Waals surface area contributed by atoms with Crippen LogP contribution in [0, 0.1) is 0 Å². The van der Waals surface area contributed by atoms with Gasteiger partial charge in [0.25, 0.3) is 0 Å². The Bertz CT molecular complexity index is 330. The Morgan fingerprint density at radius 3 is 2.37 bits per heavy atom. The minimum Gasteiger partial charge on any atom is -0.492 e. The SMILES string of the molecule is COCCN(CCO)CCOc1ccc(CN)cc1. The molecule has 0 heterocycles. The van der Waals surface area contributed by atoms with Gasteiger partial charge in [0.05, 0.1) is 13.2 Å². The summed E-state index contributed by atoms with van der Waals surface area (Å²) < 4.78 is 10.7. The van der Waals surface area contributed by atoms with Crippen molar-refractivity contribution in [3.05, 3.63) is 29.8 Å². The van der Waals surface area contributed by atoms with Gasteiger partial charge in [0, 0.05) is 33.3 Å². The predicted molar refractivity (Wildman–Crippen MR) is 75.2 cm³/mol. The lowest BCUT2D eigenvalue weighted by Crippen LogP contribution is -2.33. The summed E-state index contributed by atoms with van der Waals surface area (Å²) in [4.78, 5) is 2.11. The van der Waals surface area contributed by atoms with Crippen LogP contribution in [0.1, 0.15) is 5.56 Å². The molecule has 108 valence electrons. The van der Waals surface area contributed by atoms with Gasteiger partial charge in [0.2, 0.25) is 0 Å². The zero-order chi connectivity index (χ0) is 13.9. The average Bonchev–Trinajstić information content (AvgIpc) is 2.45. The number of aliphatic hydroxyl groups excluding tert-OH is 1. The second-order valence-corrected chi connectivity index (χ2v) is 4.25. The highest BCUT2D eigenvalue weighted by atomic mass is 16.5. The largest absolute Gasteiger partial charge is 0.492 e. The third-order valence-corrected chi connectivity index (χ3v) is 2.86. The summed E-state index contributed by atoms with van der Waals surface area (Å²) in [7, 11) is 1.67. The fourth-order valence-corrected chi connectivity index (χ4v) is 1.71. The molecule has 1 aromatic rings. The van der Waals surface area contributed by atoms with Gasteiger partial charge in [0.1, 0.15) is 12.4 Å². The van der Waals surface area contributed by atoms with Crippen molar-refractivity contribution >= 4 is 0 Å². The number of nitrogens with two attached hydrogens (primary N) is 1. The van der Waals surface area contributed by atoms with E-state index in [2.05, 4.69) is 4.90 Å². The topological polar surface area (TPSA) is 68.0 Å². The van der Waals surface area contributed by atoms with Gasteiger partial charge < -0.3 is 20.3 Å². The van der Waals surface area contributed by atoms with E-state index in [1.54, 1.807) is 7.11 Å². The van der Waals surface area contributed by atoms with E-state index in [4.69, 9.17) is 20.3 Å². The summed E-state index contributed by atoms with van der Waals surface area (Å²) in [6, 6.07) is 7.78. The van der Waals surface area contributed by atoms with Crippen molar-refractivity contribution in [1.82, 2.24) is 4.90 Å². The Morgan fingerprint density at radius 1 is 1.11 bits per heavy atom. The molecule has 0 aliphatic carbocycles. The molecule has 0 atom stereocenters. The molecule has 0 unspecified atom stereocenters. The van der Waals surface area contributed by atoms with Gasteiger partial charge in [-0.1, -0.05) is 12.1 Å². The third-order valence-electron chi connectivity index (χ3n) is 2.86. The lowest BCUT2D eigenvalue weighted by molar-refractivity contribution is 0.118. The normalized spacial score (nSPS) is 10.9. The van der Waals surface area contributed by atoms with E-state index >= 15 is 0 Å². The molecule has 1 aromatic carbocycles. The molecule has 0 saturated carbocycles. The van der Waals surface area contributed by atoms with E-state index in [1.165, 1.54) is 0 Å². The quantitative estimate of drug-likeness (QED) is 0.645. The van der Waals surface area contributed by atoms with Crippen molar-refractivity contribution in [2.75, 3.05) is 46.6 Å². The van der Waals surface area contributed by atoms with Crippen molar-refractivity contribution < 1.29 is 14.6 Å². The number of nitrogens with zero attached hydrogens (tertiary/aromatic N) is 1. The fraction of sp³-hybridized carbons (Fsp3) is 0.571. The van der Waals surface area contributed by atoms with Crippen molar-refractivity contribution in [2.45, 2.75) is 6.54 Å². The van der Waals surface area contributed by atoms with Crippen LogP contribution in [-0.2, 0) is 11.3 Å². The van der Waals surface area contributed by atoms with Crippen LogP contribution < -0.4 is 10.5 Å². The zero-order valence-corrected chi connectivity index (χ0v) is 11.5. The molecule has 0 amide bonds. The highest BCUT2D eigenvalue weighted by Crippen LogP contribution is 2.11. The number of ether oxygens (including phenoxy) is 2. The maximum absolute atomic E-state index is 8.97. The molecule has 5 nitrogen and oxygen atoms in total. The first-order valence-electron chi connectivity index (χ1n) is 6.54. The molecule has 0 spiro atoms. The molecule has 0 aliphatic heterocycles. The molecule has 0 aliphatic rings. The van der Waals surface area contributed by atoms with E-state index < -0.39 is 0 Å². The van der Waals surface area contributed by atoms with Gasteiger partial charge in [-0.05, 0) is 17.7 Å². The number of aliphatic hydroxyl groups is 1. The Hall–Kier alpha value is -1.14. The zero-order valence-electron chi connectivity index (χ0n) is 11.5. The first-order valence-corrected chi connectivity index (χ1v) is 6.54. The molecular weight excluding hydrogens is 244 g/mol. The van der Waals surface area contributed by atoms with Gasteiger partial charge in [0.15, 0.2) is 0 Å². The molecule has 1 rings (SSSR count). The van der Waals surface area contributed by atoms with E-state index in [1.807, 2.05) is 24.3 Å². The Balaban J connectivity index is 2.29. The van der Waals surface area contributed by atoms with Crippen LogP contribution in [0.15, 0.2) is 24.3 Å².